The van der Waals surface area contributed by atoms with Gasteiger partial charge in [0.2, 0.25) is 0 Å². The molecule has 0 saturated carbocycles. The molecule has 0 fully saturated rings. The van der Waals surface area contributed by atoms with E-state index in [-0.39, 0.29) is 23.3 Å². The first kappa shape index (κ1) is 25.2. The molecular weight excluding hydrogens is 424 g/mol. The van der Waals surface area contributed by atoms with E-state index in [4.69, 9.17) is 9.47 Å². The summed E-state index contributed by atoms with van der Waals surface area (Å²) >= 11 is 0. The third kappa shape index (κ3) is 7.05. The van der Waals surface area contributed by atoms with Crippen molar-refractivity contribution in [1.82, 2.24) is 0 Å². The van der Waals surface area contributed by atoms with Crippen LogP contribution in [0.25, 0.3) is 0 Å². The summed E-state index contributed by atoms with van der Waals surface area (Å²) in [5, 5.41) is 0. The highest BCUT2D eigenvalue weighted by atomic mass is 16.6. The monoisotopic (exact) mass is 458 g/mol. The maximum atomic E-state index is 13.2. The average Bonchev–Trinajstić information content (AvgIpc) is 2.89. The molecule has 0 N–H and O–H groups in total. The number of esters is 2. The molecule has 2 atom stereocenters. The molecule has 0 bridgehead atoms. The topological polar surface area (TPSA) is 52.6 Å². The summed E-state index contributed by atoms with van der Waals surface area (Å²) in [6.07, 6.45) is 4.61. The van der Waals surface area contributed by atoms with Crippen molar-refractivity contribution in [3.63, 3.8) is 0 Å². The van der Waals surface area contributed by atoms with Crippen molar-refractivity contribution in [1.29, 1.82) is 0 Å². The van der Waals surface area contributed by atoms with E-state index >= 15 is 0 Å². The van der Waals surface area contributed by atoms with Gasteiger partial charge in [-0.1, -0.05) is 99.5 Å². The Kier molecular flexibility index (Phi) is 9.90. The predicted octanol–water partition coefficient (Wildman–Crippen LogP) is 7.86. The van der Waals surface area contributed by atoms with Crippen LogP contribution in [0.3, 0.4) is 0 Å². The molecule has 3 aromatic rings. The number of carbonyl (C=O) groups is 2. The van der Waals surface area contributed by atoms with Gasteiger partial charge in [0, 0.05) is 0 Å². The first-order valence-electron chi connectivity index (χ1n) is 12.2. The van der Waals surface area contributed by atoms with Gasteiger partial charge in [-0.05, 0) is 48.9 Å². The van der Waals surface area contributed by atoms with Crippen molar-refractivity contribution >= 4 is 11.9 Å². The second kappa shape index (κ2) is 13.3. The molecule has 2 unspecified atom stereocenters. The number of hydrogen-bond acceptors (Lipinski definition) is 4. The highest BCUT2D eigenvalue weighted by molar-refractivity contribution is 6.03. The molecule has 0 aromatic heterocycles. The van der Waals surface area contributed by atoms with Gasteiger partial charge in [0.05, 0.1) is 11.1 Å². The molecule has 34 heavy (non-hydrogen) atoms. The second-order valence-corrected chi connectivity index (χ2v) is 8.44. The molecule has 3 rings (SSSR count). The minimum atomic E-state index is -0.512. The van der Waals surface area contributed by atoms with Crippen LogP contribution in [0.1, 0.15) is 96.4 Å². The van der Waals surface area contributed by atoms with Gasteiger partial charge in [0.25, 0.3) is 0 Å². The molecule has 178 valence electrons. The molecule has 0 saturated heterocycles. The van der Waals surface area contributed by atoms with E-state index in [0.29, 0.717) is 0 Å². The normalized spacial score (nSPS) is 12.5. The zero-order chi connectivity index (χ0) is 24.2. The van der Waals surface area contributed by atoms with Gasteiger partial charge in [-0.3, -0.25) is 0 Å². The Morgan fingerprint density at radius 1 is 0.588 bits per heavy atom. The van der Waals surface area contributed by atoms with E-state index in [1.165, 1.54) is 0 Å². The summed E-state index contributed by atoms with van der Waals surface area (Å²) in [6.45, 7) is 4.22. The van der Waals surface area contributed by atoms with Gasteiger partial charge in [0.1, 0.15) is 12.2 Å². The van der Waals surface area contributed by atoms with Crippen LogP contribution in [-0.2, 0) is 9.47 Å². The molecule has 4 nitrogen and oxygen atoms in total. The molecule has 0 amide bonds. The van der Waals surface area contributed by atoms with Crippen molar-refractivity contribution in [2.75, 3.05) is 0 Å². The minimum absolute atomic E-state index is 0.229. The Balaban J connectivity index is 1.80. The van der Waals surface area contributed by atoms with Gasteiger partial charge in [-0.25, -0.2) is 9.59 Å². The first-order valence-corrected chi connectivity index (χ1v) is 12.2. The van der Waals surface area contributed by atoms with Crippen molar-refractivity contribution in [3.8, 4) is 0 Å². The van der Waals surface area contributed by atoms with E-state index < -0.39 is 11.9 Å². The first-order chi connectivity index (χ1) is 16.6. The number of carbonyl (C=O) groups excluding carboxylic acids is 2. The van der Waals surface area contributed by atoms with Gasteiger partial charge >= 0.3 is 11.9 Å². The van der Waals surface area contributed by atoms with E-state index in [1.807, 2.05) is 60.7 Å². The predicted molar refractivity (Wildman–Crippen MR) is 135 cm³/mol. The maximum Gasteiger partial charge on any atom is 0.339 e. The van der Waals surface area contributed by atoms with Crippen LogP contribution in [0.5, 0.6) is 0 Å². The van der Waals surface area contributed by atoms with E-state index in [1.54, 1.807) is 24.3 Å². The lowest BCUT2D eigenvalue weighted by atomic mass is 10.0. The van der Waals surface area contributed by atoms with E-state index in [9.17, 15) is 9.59 Å². The summed E-state index contributed by atoms with van der Waals surface area (Å²) in [6, 6.07) is 26.2. The lowest BCUT2D eigenvalue weighted by Gasteiger charge is -2.21. The van der Waals surface area contributed by atoms with E-state index in [0.717, 1.165) is 49.7 Å². The maximum absolute atomic E-state index is 13.2. The number of benzene rings is 3. The van der Waals surface area contributed by atoms with Crippen molar-refractivity contribution < 1.29 is 19.1 Å². The highest BCUT2D eigenvalue weighted by Gasteiger charge is 2.25. The fraction of sp³-hybridized carbons (Fsp3) is 0.333. The van der Waals surface area contributed by atoms with Crippen LogP contribution in [0.2, 0.25) is 0 Å². The Morgan fingerprint density at radius 3 is 1.29 bits per heavy atom. The third-order valence-electron chi connectivity index (χ3n) is 5.85. The van der Waals surface area contributed by atoms with Crippen molar-refractivity contribution in [2.24, 2.45) is 0 Å². The Labute approximate surface area is 202 Å². The fourth-order valence-corrected chi connectivity index (χ4v) is 3.93. The van der Waals surface area contributed by atoms with Crippen LogP contribution in [0.4, 0.5) is 0 Å². The van der Waals surface area contributed by atoms with Crippen LogP contribution < -0.4 is 0 Å². The fourth-order valence-electron chi connectivity index (χ4n) is 3.93. The zero-order valence-electron chi connectivity index (χ0n) is 20.1. The van der Waals surface area contributed by atoms with Crippen LogP contribution in [0, 0.1) is 0 Å². The third-order valence-corrected chi connectivity index (χ3v) is 5.85. The lowest BCUT2D eigenvalue weighted by molar-refractivity contribution is 0.0223. The Morgan fingerprint density at radius 2 is 0.941 bits per heavy atom. The quantitative estimate of drug-likeness (QED) is 0.259. The summed E-state index contributed by atoms with van der Waals surface area (Å²) in [4.78, 5) is 26.4. The lowest BCUT2D eigenvalue weighted by Crippen LogP contribution is -2.18. The van der Waals surface area contributed by atoms with Gasteiger partial charge in [0.15, 0.2) is 0 Å². The molecule has 0 spiro atoms. The second-order valence-electron chi connectivity index (χ2n) is 8.44. The Hall–Kier alpha value is -3.40. The Bertz CT molecular complexity index is 945. The van der Waals surface area contributed by atoms with Crippen LogP contribution >= 0.6 is 0 Å². The highest BCUT2D eigenvalue weighted by Crippen LogP contribution is 2.28. The SMILES string of the molecule is CCCCC(OC(=O)c1ccccc1C(=O)OC(CCCC)c1ccccc1)c1ccccc1. The molecular formula is C30H34O4. The summed E-state index contributed by atoms with van der Waals surface area (Å²) in [5.74, 6) is -1.02. The molecule has 0 aliphatic carbocycles. The zero-order valence-corrected chi connectivity index (χ0v) is 20.1. The van der Waals surface area contributed by atoms with Crippen LogP contribution in [-0.4, -0.2) is 11.9 Å². The largest absolute Gasteiger partial charge is 0.454 e. The average molecular weight is 459 g/mol. The van der Waals surface area contributed by atoms with E-state index in [2.05, 4.69) is 13.8 Å². The van der Waals surface area contributed by atoms with Crippen molar-refractivity contribution in [2.45, 2.75) is 64.6 Å². The summed E-state index contributed by atoms with van der Waals surface area (Å²) < 4.78 is 11.8. The molecule has 0 heterocycles. The summed E-state index contributed by atoms with van der Waals surface area (Å²) in [5.41, 5.74) is 2.36. The standard InChI is InChI=1S/C30H34O4/c1-3-5-21-27(23-15-9-7-10-16-23)33-29(31)25-19-13-14-20-26(25)30(32)34-28(22-6-4-2)24-17-11-8-12-18-24/h7-20,27-28H,3-6,21-22H2,1-2H3. The smallest absolute Gasteiger partial charge is 0.339 e. The molecule has 0 aliphatic heterocycles. The molecule has 3 aromatic carbocycles. The summed E-state index contributed by atoms with van der Waals surface area (Å²) in [7, 11) is 0. The number of unbranched alkanes of at least 4 members (excludes halogenated alkanes) is 2. The molecule has 4 heteroatoms. The number of rotatable bonds is 12. The van der Waals surface area contributed by atoms with Gasteiger partial charge in [-0.15, -0.1) is 0 Å². The minimum Gasteiger partial charge on any atom is -0.454 e. The number of ether oxygens (including phenoxy) is 2. The number of hydrogen-bond donors (Lipinski definition) is 0. The van der Waals surface area contributed by atoms with Crippen molar-refractivity contribution in [3.05, 3.63) is 107 Å². The van der Waals surface area contributed by atoms with Gasteiger partial charge < -0.3 is 9.47 Å². The van der Waals surface area contributed by atoms with Crippen LogP contribution in [0.15, 0.2) is 84.9 Å². The molecule has 0 aliphatic rings. The molecule has 0 radical (unpaired) electrons. The van der Waals surface area contributed by atoms with Gasteiger partial charge in [-0.2, -0.15) is 0 Å².